The number of carbonyl (C=O) groups excluding carboxylic acids is 1. The largest absolute Gasteiger partial charge is 0.299 e. The molecule has 1 aliphatic heterocycles. The van der Waals surface area contributed by atoms with Crippen LogP contribution >= 0.6 is 11.6 Å². The molecule has 2 nitrogen and oxygen atoms in total. The molecule has 0 radical (unpaired) electrons. The van der Waals surface area contributed by atoms with Crippen molar-refractivity contribution in [3.05, 3.63) is 70.0 Å². The van der Waals surface area contributed by atoms with Crippen LogP contribution in [0.25, 0.3) is 0 Å². The third-order valence-corrected chi connectivity index (χ3v) is 4.95. The maximum absolute atomic E-state index is 13.9. The lowest BCUT2D eigenvalue weighted by molar-refractivity contribution is 0.0829. The molecule has 1 fully saturated rings. The van der Waals surface area contributed by atoms with Gasteiger partial charge in [0, 0.05) is 23.0 Å². The molecule has 1 heterocycles. The zero-order chi connectivity index (χ0) is 18.0. The fourth-order valence-electron chi connectivity index (χ4n) is 3.17. The molecule has 1 saturated heterocycles. The number of halogens is 4. The summed E-state index contributed by atoms with van der Waals surface area (Å²) in [6.07, 6.45) is 1.03. The van der Waals surface area contributed by atoms with Crippen molar-refractivity contribution in [2.24, 2.45) is 5.92 Å². The molecule has 0 atom stereocenters. The minimum absolute atomic E-state index is 0.199. The van der Waals surface area contributed by atoms with Crippen LogP contribution in [-0.4, -0.2) is 23.8 Å². The van der Waals surface area contributed by atoms with Crippen LogP contribution in [0, 0.1) is 23.4 Å². The molecular formula is C19H17ClF3NO. The Hall–Kier alpha value is -1.85. The summed E-state index contributed by atoms with van der Waals surface area (Å²) >= 11 is 6.04. The van der Waals surface area contributed by atoms with Crippen molar-refractivity contribution in [1.29, 1.82) is 0 Å². The summed E-state index contributed by atoms with van der Waals surface area (Å²) in [5.74, 6) is -2.42. The van der Waals surface area contributed by atoms with Gasteiger partial charge in [0.15, 0.2) is 5.78 Å². The van der Waals surface area contributed by atoms with E-state index in [1.165, 1.54) is 6.07 Å². The van der Waals surface area contributed by atoms with E-state index in [0.29, 0.717) is 43.1 Å². The van der Waals surface area contributed by atoms with Gasteiger partial charge in [0.05, 0.1) is 5.56 Å². The molecule has 0 amide bonds. The van der Waals surface area contributed by atoms with Crippen LogP contribution in [-0.2, 0) is 6.54 Å². The highest BCUT2D eigenvalue weighted by Crippen LogP contribution is 2.27. The number of nitrogens with zero attached hydrogens (tertiary/aromatic N) is 1. The molecule has 1 aliphatic rings. The maximum Gasteiger partial charge on any atom is 0.169 e. The lowest BCUT2D eigenvalue weighted by atomic mass is 9.88. The van der Waals surface area contributed by atoms with Gasteiger partial charge in [-0.3, -0.25) is 9.69 Å². The second-order valence-corrected chi connectivity index (χ2v) is 6.65. The maximum atomic E-state index is 13.9. The van der Waals surface area contributed by atoms with Crippen LogP contribution in [0.4, 0.5) is 13.2 Å². The van der Waals surface area contributed by atoms with E-state index in [2.05, 4.69) is 0 Å². The molecule has 25 heavy (non-hydrogen) atoms. The topological polar surface area (TPSA) is 20.3 Å². The van der Waals surface area contributed by atoms with Gasteiger partial charge in [0.1, 0.15) is 17.5 Å². The number of hydrogen-bond donors (Lipinski definition) is 0. The van der Waals surface area contributed by atoms with Crippen LogP contribution in [0.2, 0.25) is 5.02 Å². The third kappa shape index (κ3) is 4.05. The molecule has 0 aromatic heterocycles. The average Bonchev–Trinajstić information content (AvgIpc) is 2.60. The zero-order valence-corrected chi connectivity index (χ0v) is 14.2. The van der Waals surface area contributed by atoms with Crippen molar-refractivity contribution in [2.45, 2.75) is 19.4 Å². The Morgan fingerprint density at radius 1 is 1.08 bits per heavy atom. The normalized spacial score (nSPS) is 16.2. The zero-order valence-electron chi connectivity index (χ0n) is 13.4. The average molecular weight is 368 g/mol. The summed E-state index contributed by atoms with van der Waals surface area (Å²) < 4.78 is 40.9. The van der Waals surface area contributed by atoms with Gasteiger partial charge in [-0.15, -0.1) is 0 Å². The second kappa shape index (κ2) is 7.58. The number of ketones is 1. The molecule has 0 aliphatic carbocycles. The van der Waals surface area contributed by atoms with Crippen molar-refractivity contribution in [1.82, 2.24) is 4.90 Å². The van der Waals surface area contributed by atoms with Crippen LogP contribution in [0.3, 0.4) is 0 Å². The summed E-state index contributed by atoms with van der Waals surface area (Å²) in [4.78, 5) is 14.4. The number of Topliss-reactive ketones (excluding diaryl/α,β-unsaturated/α-hetero) is 1. The van der Waals surface area contributed by atoms with E-state index in [4.69, 9.17) is 11.6 Å². The molecule has 2 aromatic rings. The first-order valence-corrected chi connectivity index (χ1v) is 8.48. The first-order valence-electron chi connectivity index (χ1n) is 8.10. The lowest BCUT2D eigenvalue weighted by Crippen LogP contribution is -2.36. The number of rotatable bonds is 4. The van der Waals surface area contributed by atoms with Crippen molar-refractivity contribution >= 4 is 17.4 Å². The SMILES string of the molecule is O=C(c1cc(F)ccc1F)C1CCN(Cc2c(F)cccc2Cl)CC1. The molecule has 0 N–H and O–H groups in total. The van der Waals surface area contributed by atoms with Crippen LogP contribution < -0.4 is 0 Å². The summed E-state index contributed by atoms with van der Waals surface area (Å²) in [6.45, 7) is 1.50. The molecule has 0 unspecified atom stereocenters. The van der Waals surface area contributed by atoms with Crippen LogP contribution in [0.1, 0.15) is 28.8 Å². The monoisotopic (exact) mass is 367 g/mol. The van der Waals surface area contributed by atoms with Gasteiger partial charge in [0.2, 0.25) is 0 Å². The van der Waals surface area contributed by atoms with E-state index in [1.807, 2.05) is 4.90 Å². The Bertz CT molecular complexity index is 768. The number of likely N-dealkylation sites (tertiary alicyclic amines) is 1. The van der Waals surface area contributed by atoms with Crippen molar-refractivity contribution in [2.75, 3.05) is 13.1 Å². The quantitative estimate of drug-likeness (QED) is 0.720. The fourth-order valence-corrected chi connectivity index (χ4v) is 3.39. The lowest BCUT2D eigenvalue weighted by Gasteiger charge is -2.31. The second-order valence-electron chi connectivity index (χ2n) is 6.24. The van der Waals surface area contributed by atoms with Gasteiger partial charge in [-0.25, -0.2) is 13.2 Å². The Kier molecular flexibility index (Phi) is 5.45. The smallest absolute Gasteiger partial charge is 0.169 e. The number of carbonyl (C=O) groups is 1. The molecule has 0 spiro atoms. The van der Waals surface area contributed by atoms with E-state index in [0.717, 1.165) is 18.2 Å². The first-order chi connectivity index (χ1) is 12.0. The highest BCUT2D eigenvalue weighted by atomic mass is 35.5. The Morgan fingerprint density at radius 2 is 1.80 bits per heavy atom. The van der Waals surface area contributed by atoms with E-state index >= 15 is 0 Å². The molecule has 2 aromatic carbocycles. The number of piperidine rings is 1. The Balaban J connectivity index is 1.64. The molecule has 132 valence electrons. The van der Waals surface area contributed by atoms with Crippen molar-refractivity contribution < 1.29 is 18.0 Å². The summed E-state index contributed by atoms with van der Waals surface area (Å²) in [7, 11) is 0. The predicted octanol–water partition coefficient (Wildman–Crippen LogP) is 4.85. The molecular weight excluding hydrogens is 351 g/mol. The van der Waals surface area contributed by atoms with Gasteiger partial charge < -0.3 is 0 Å². The summed E-state index contributed by atoms with van der Waals surface area (Å²) in [5.41, 5.74) is 0.237. The number of hydrogen-bond acceptors (Lipinski definition) is 2. The standard InChI is InChI=1S/C19H17ClF3NO/c20-16-2-1-3-17(22)15(16)11-24-8-6-12(7-9-24)19(25)14-10-13(21)4-5-18(14)23/h1-5,10,12H,6-9,11H2. The Labute approximate surface area is 149 Å². The van der Waals surface area contributed by atoms with E-state index in [-0.39, 0.29) is 23.1 Å². The van der Waals surface area contributed by atoms with Crippen LogP contribution in [0.15, 0.2) is 36.4 Å². The van der Waals surface area contributed by atoms with E-state index < -0.39 is 11.6 Å². The van der Waals surface area contributed by atoms with Gasteiger partial charge in [-0.2, -0.15) is 0 Å². The predicted molar refractivity (Wildman–Crippen MR) is 90.1 cm³/mol. The van der Waals surface area contributed by atoms with E-state index in [9.17, 15) is 18.0 Å². The first kappa shape index (κ1) is 18.0. The molecule has 0 bridgehead atoms. The van der Waals surface area contributed by atoms with Crippen molar-refractivity contribution in [3.63, 3.8) is 0 Å². The van der Waals surface area contributed by atoms with Crippen LogP contribution in [0.5, 0.6) is 0 Å². The minimum Gasteiger partial charge on any atom is -0.299 e. The Morgan fingerprint density at radius 3 is 2.48 bits per heavy atom. The minimum atomic E-state index is -0.702. The van der Waals surface area contributed by atoms with Gasteiger partial charge >= 0.3 is 0 Å². The highest BCUT2D eigenvalue weighted by molar-refractivity contribution is 6.31. The number of benzene rings is 2. The molecule has 6 heteroatoms. The van der Waals surface area contributed by atoms with Gasteiger partial charge in [0.25, 0.3) is 0 Å². The highest BCUT2D eigenvalue weighted by Gasteiger charge is 2.28. The van der Waals surface area contributed by atoms with Gasteiger partial charge in [-0.1, -0.05) is 17.7 Å². The van der Waals surface area contributed by atoms with E-state index in [1.54, 1.807) is 12.1 Å². The van der Waals surface area contributed by atoms with Crippen molar-refractivity contribution in [3.8, 4) is 0 Å². The third-order valence-electron chi connectivity index (χ3n) is 4.60. The summed E-state index contributed by atoms with van der Waals surface area (Å²) in [6, 6.07) is 7.47. The summed E-state index contributed by atoms with van der Waals surface area (Å²) in [5, 5.41) is 0.375. The molecule has 0 saturated carbocycles. The molecule has 3 rings (SSSR count). The van der Waals surface area contributed by atoms with Gasteiger partial charge in [-0.05, 0) is 56.3 Å². The fraction of sp³-hybridized carbons (Fsp3) is 0.316.